The van der Waals surface area contributed by atoms with Crippen molar-refractivity contribution in [2.45, 2.75) is 75.6 Å². The fourth-order valence-corrected chi connectivity index (χ4v) is 5.85. The first-order valence-corrected chi connectivity index (χ1v) is 17.1. The van der Waals surface area contributed by atoms with Crippen molar-refractivity contribution in [1.29, 1.82) is 5.41 Å². The first kappa shape index (κ1) is 38.6. The van der Waals surface area contributed by atoms with Crippen molar-refractivity contribution >= 4 is 56.9 Å². The van der Waals surface area contributed by atoms with Gasteiger partial charge in [-0.05, 0) is 38.3 Å². The Morgan fingerprint density at radius 3 is 2.22 bits per heavy atom. The molecule has 1 aromatic carbocycles. The van der Waals surface area contributed by atoms with Gasteiger partial charge in [0.1, 0.15) is 11.1 Å². The molecule has 3 amide bonds. The van der Waals surface area contributed by atoms with Crippen molar-refractivity contribution in [2.24, 2.45) is 4.99 Å². The van der Waals surface area contributed by atoms with E-state index in [9.17, 15) is 27.6 Å². The molecule has 2 aliphatic rings. The molecule has 1 saturated heterocycles. The maximum Gasteiger partial charge on any atom is 0.397 e. The monoisotopic (exact) mass is 684 g/mol. The number of ether oxygens (including phenoxy) is 1. The molecule has 17 heteroatoms. The second-order valence-electron chi connectivity index (χ2n) is 10.7. The van der Waals surface area contributed by atoms with E-state index < -0.39 is 27.5 Å². The van der Waals surface area contributed by atoms with E-state index in [2.05, 4.69) is 29.9 Å². The number of thioether (sulfide) groups is 1. The molecule has 2 fully saturated rings. The number of esters is 1. The molecular weight excluding hydrogens is 640 g/mol. The molecule has 15 nitrogen and oxygen atoms in total. The summed E-state index contributed by atoms with van der Waals surface area (Å²) >= 11 is 1.21. The second-order valence-corrected chi connectivity index (χ2v) is 13.0. The number of aliphatic imine (C=N–C) groups is 1. The summed E-state index contributed by atoms with van der Waals surface area (Å²) in [6.07, 6.45) is 6.86. The van der Waals surface area contributed by atoms with Crippen LogP contribution in [-0.2, 0) is 33.7 Å². The van der Waals surface area contributed by atoms with E-state index in [0.29, 0.717) is 41.7 Å². The van der Waals surface area contributed by atoms with E-state index in [-0.39, 0.29) is 36.7 Å². The highest BCUT2D eigenvalue weighted by Gasteiger charge is 2.39. The zero-order valence-corrected chi connectivity index (χ0v) is 28.2. The number of carbonyl (C=O) groups excluding carboxylic acids is 4. The van der Waals surface area contributed by atoms with Crippen molar-refractivity contribution in [3.63, 3.8) is 0 Å². The maximum atomic E-state index is 12.8. The Bertz CT molecular complexity index is 1350. The lowest BCUT2D eigenvalue weighted by Crippen LogP contribution is -2.41. The van der Waals surface area contributed by atoms with Gasteiger partial charge in [-0.25, -0.2) is 0 Å². The average Bonchev–Trinajstić information content (AvgIpc) is 3.31. The molecule has 1 saturated carbocycles. The van der Waals surface area contributed by atoms with Crippen LogP contribution in [0.5, 0.6) is 0 Å². The molecule has 256 valence electrons. The van der Waals surface area contributed by atoms with E-state index in [1.165, 1.54) is 38.1 Å². The van der Waals surface area contributed by atoms with Crippen LogP contribution in [0, 0.1) is 5.41 Å². The lowest BCUT2D eigenvalue weighted by atomic mass is 9.95. The summed E-state index contributed by atoms with van der Waals surface area (Å²) in [7, 11) is -0.216. The molecule has 1 heterocycles. The van der Waals surface area contributed by atoms with Gasteiger partial charge < -0.3 is 25.6 Å². The van der Waals surface area contributed by atoms with Gasteiger partial charge in [-0.3, -0.25) is 33.3 Å². The Morgan fingerprint density at radius 1 is 1.02 bits per heavy atom. The van der Waals surface area contributed by atoms with Crippen LogP contribution in [0.1, 0.15) is 74.2 Å². The number of hydrogen-bond acceptors (Lipinski definition) is 10. The Balaban J connectivity index is 0.00000112. The number of nitrogens with one attached hydrogen (secondary N) is 4. The Hall–Kier alpha value is -3.54. The molecule has 0 spiro atoms. The molecule has 1 aromatic rings. The maximum absolute atomic E-state index is 12.8. The molecule has 5 N–H and O–H groups in total. The van der Waals surface area contributed by atoms with Crippen LogP contribution in [0.25, 0.3) is 0 Å². The minimum absolute atomic E-state index is 0.0655. The lowest BCUT2D eigenvalue weighted by Gasteiger charge is -2.22. The Morgan fingerprint density at radius 2 is 1.63 bits per heavy atom. The minimum Gasteiger partial charge on any atom is -0.469 e. The predicted molar refractivity (Wildman–Crippen MR) is 174 cm³/mol. The van der Waals surface area contributed by atoms with Crippen LogP contribution >= 0.6 is 11.8 Å². The van der Waals surface area contributed by atoms with Gasteiger partial charge in [-0.1, -0.05) is 43.2 Å². The van der Waals surface area contributed by atoms with Crippen molar-refractivity contribution < 1.29 is 41.1 Å². The second kappa shape index (κ2) is 19.2. The van der Waals surface area contributed by atoms with Crippen LogP contribution in [0.4, 0.5) is 0 Å². The van der Waals surface area contributed by atoms with Crippen LogP contribution in [0.15, 0.2) is 29.3 Å². The van der Waals surface area contributed by atoms with Crippen LogP contribution < -0.4 is 16.0 Å². The SMILES string of the molecule is COC(=O)CCNC(=O)C1SC(=NC(=O)c2ccc(C(=N)NCCCC(=O)NC3CCCCC3)cc2)N(C)C1C.COS(=O)(=O)O. The minimum atomic E-state index is -4.16. The molecule has 0 radical (unpaired) electrons. The van der Waals surface area contributed by atoms with E-state index >= 15 is 0 Å². The zero-order valence-electron chi connectivity index (χ0n) is 26.5. The topological polar surface area (TPSA) is 217 Å². The van der Waals surface area contributed by atoms with Crippen molar-refractivity contribution in [3.05, 3.63) is 35.4 Å². The summed E-state index contributed by atoms with van der Waals surface area (Å²) in [5.41, 5.74) is 0.997. The highest BCUT2D eigenvalue weighted by atomic mass is 32.3. The quantitative estimate of drug-likeness (QED) is 0.0701. The van der Waals surface area contributed by atoms with Gasteiger partial charge in [0, 0.05) is 49.8 Å². The number of amidine groups is 2. The summed E-state index contributed by atoms with van der Waals surface area (Å²) in [6, 6.07) is 6.72. The summed E-state index contributed by atoms with van der Waals surface area (Å²) in [4.78, 5) is 54.8. The molecule has 46 heavy (non-hydrogen) atoms. The fourth-order valence-electron chi connectivity index (χ4n) is 4.58. The van der Waals surface area contributed by atoms with Gasteiger partial charge in [0.05, 0.1) is 20.6 Å². The van der Waals surface area contributed by atoms with Gasteiger partial charge in [-0.15, -0.1) is 0 Å². The Labute approximate surface area is 274 Å². The fraction of sp³-hybridized carbons (Fsp3) is 0.586. The number of benzene rings is 1. The van der Waals surface area contributed by atoms with E-state index in [1.807, 2.05) is 6.92 Å². The highest BCUT2D eigenvalue weighted by Crippen LogP contribution is 2.31. The summed E-state index contributed by atoms with van der Waals surface area (Å²) in [6.45, 7) is 2.56. The first-order valence-electron chi connectivity index (χ1n) is 14.9. The number of nitrogens with zero attached hydrogens (tertiary/aromatic N) is 2. The lowest BCUT2D eigenvalue weighted by molar-refractivity contribution is -0.140. The van der Waals surface area contributed by atoms with Crippen molar-refractivity contribution in [2.75, 3.05) is 34.4 Å². The molecule has 3 rings (SSSR count). The van der Waals surface area contributed by atoms with Gasteiger partial charge in [0.2, 0.25) is 11.8 Å². The molecular formula is C29H44N6O9S2. The first-order chi connectivity index (χ1) is 21.7. The molecule has 0 bridgehead atoms. The van der Waals surface area contributed by atoms with Gasteiger partial charge in [-0.2, -0.15) is 13.4 Å². The molecule has 2 unspecified atom stereocenters. The number of amides is 3. The largest absolute Gasteiger partial charge is 0.469 e. The number of methoxy groups -OCH3 is 1. The van der Waals surface area contributed by atoms with Crippen molar-refractivity contribution in [1.82, 2.24) is 20.9 Å². The standard InChI is InChI=1S/C28H40N6O5S.CH4O4S/c1-18-24(27(38)31-17-15-23(36)39-3)40-28(34(18)2)33-26(37)20-13-11-19(12-14-20)25(29)30-16-7-10-22(35)32-21-8-5-4-6-9-21;1-5-6(2,3)4/h11-14,18,21,24H,4-10,15-17H2,1-3H3,(H2,29,30)(H,31,38)(H,32,35);1H3,(H,2,3,4). The number of carbonyl (C=O) groups is 4. The average molecular weight is 685 g/mol. The van der Waals surface area contributed by atoms with E-state index in [4.69, 9.17) is 9.96 Å². The number of hydrogen-bond donors (Lipinski definition) is 5. The van der Waals surface area contributed by atoms with Gasteiger partial charge in [0.15, 0.2) is 5.17 Å². The van der Waals surface area contributed by atoms with Crippen LogP contribution in [0.3, 0.4) is 0 Å². The van der Waals surface area contributed by atoms with Gasteiger partial charge in [0.25, 0.3) is 5.91 Å². The van der Waals surface area contributed by atoms with Crippen molar-refractivity contribution in [3.8, 4) is 0 Å². The summed E-state index contributed by atoms with van der Waals surface area (Å²) < 4.78 is 34.3. The summed E-state index contributed by atoms with van der Waals surface area (Å²) in [5.74, 6) is -0.785. The Kier molecular flexibility index (Phi) is 16.1. The molecule has 0 aromatic heterocycles. The highest BCUT2D eigenvalue weighted by molar-refractivity contribution is 8.15. The van der Waals surface area contributed by atoms with Crippen LogP contribution in [0.2, 0.25) is 0 Å². The molecule has 1 aliphatic carbocycles. The summed E-state index contributed by atoms with van der Waals surface area (Å²) in [5, 5.41) is 17.1. The third kappa shape index (κ3) is 13.4. The predicted octanol–water partition coefficient (Wildman–Crippen LogP) is 1.88. The zero-order chi connectivity index (χ0) is 34.3. The van der Waals surface area contributed by atoms with E-state index in [0.717, 1.165) is 20.0 Å². The molecule has 1 aliphatic heterocycles. The third-order valence-corrected chi connectivity index (χ3v) is 9.25. The number of rotatable bonds is 12. The molecule has 2 atom stereocenters. The smallest absolute Gasteiger partial charge is 0.397 e. The van der Waals surface area contributed by atoms with Gasteiger partial charge >= 0.3 is 16.4 Å². The van der Waals surface area contributed by atoms with Crippen LogP contribution in [-0.4, -0.2) is 104 Å². The normalized spacial score (nSPS) is 19.1. The third-order valence-electron chi connectivity index (χ3n) is 7.38. The van der Waals surface area contributed by atoms with E-state index in [1.54, 1.807) is 36.2 Å².